The van der Waals surface area contributed by atoms with Crippen LogP contribution in [0.1, 0.15) is 13.3 Å². The highest BCUT2D eigenvalue weighted by molar-refractivity contribution is 7.98. The number of urea groups is 1. The highest BCUT2D eigenvalue weighted by Gasteiger charge is 2.16. The van der Waals surface area contributed by atoms with Gasteiger partial charge in [0.15, 0.2) is 0 Å². The molecule has 0 aromatic rings. The third-order valence-electron chi connectivity index (χ3n) is 1.60. The Kier molecular flexibility index (Phi) is 7.00. The summed E-state index contributed by atoms with van der Waals surface area (Å²) in [6.07, 6.45) is 2.32. The van der Waals surface area contributed by atoms with Crippen molar-refractivity contribution in [3.63, 3.8) is 0 Å². The summed E-state index contributed by atoms with van der Waals surface area (Å²) in [7, 11) is 0. The summed E-state index contributed by atoms with van der Waals surface area (Å²) in [6, 6.07) is -1.22. The number of carboxylic acid groups (broad SMARTS) is 1. The van der Waals surface area contributed by atoms with Crippen LogP contribution < -0.4 is 10.6 Å². The topological polar surface area (TPSA) is 78.4 Å². The van der Waals surface area contributed by atoms with Crippen LogP contribution in [-0.4, -0.2) is 41.7 Å². The van der Waals surface area contributed by atoms with Crippen LogP contribution in [0.5, 0.6) is 0 Å². The smallest absolute Gasteiger partial charge is 0.326 e. The number of thioether (sulfide) groups is 1. The van der Waals surface area contributed by atoms with Gasteiger partial charge in [-0.3, -0.25) is 0 Å². The molecule has 1 atom stereocenters. The minimum Gasteiger partial charge on any atom is -0.480 e. The van der Waals surface area contributed by atoms with Crippen LogP contribution in [0.4, 0.5) is 4.79 Å². The summed E-state index contributed by atoms with van der Waals surface area (Å²) in [4.78, 5) is 21.6. The fourth-order valence-electron chi connectivity index (χ4n) is 0.814. The standard InChI is InChI=1S/C8H16N2O3S/c1-3-6(7(11)12)10-8(13)9-4-5-14-2/h6H,3-5H2,1-2H3,(H,11,12)(H2,9,10,13). The molecule has 0 aliphatic heterocycles. The van der Waals surface area contributed by atoms with Crippen molar-refractivity contribution in [1.29, 1.82) is 0 Å². The molecule has 3 N–H and O–H groups in total. The highest BCUT2D eigenvalue weighted by Crippen LogP contribution is 1.91. The number of carbonyl (C=O) groups excluding carboxylic acids is 1. The lowest BCUT2D eigenvalue weighted by atomic mass is 10.2. The average Bonchev–Trinajstić information content (AvgIpc) is 2.14. The molecule has 0 saturated heterocycles. The molecular formula is C8H16N2O3S. The molecule has 0 spiro atoms. The van der Waals surface area contributed by atoms with Gasteiger partial charge < -0.3 is 15.7 Å². The second-order valence-electron chi connectivity index (χ2n) is 2.69. The highest BCUT2D eigenvalue weighted by atomic mass is 32.2. The van der Waals surface area contributed by atoms with Crippen LogP contribution in [0.2, 0.25) is 0 Å². The largest absolute Gasteiger partial charge is 0.480 e. The summed E-state index contributed by atoms with van der Waals surface area (Å²) < 4.78 is 0. The Hall–Kier alpha value is -0.910. The van der Waals surface area contributed by atoms with Gasteiger partial charge in [-0.05, 0) is 12.7 Å². The van der Waals surface area contributed by atoms with Gasteiger partial charge in [-0.25, -0.2) is 9.59 Å². The fraction of sp³-hybridized carbons (Fsp3) is 0.750. The number of amides is 2. The molecule has 2 amide bonds. The maximum Gasteiger partial charge on any atom is 0.326 e. The van der Waals surface area contributed by atoms with Gasteiger partial charge in [-0.2, -0.15) is 11.8 Å². The molecule has 0 aromatic heterocycles. The van der Waals surface area contributed by atoms with Gasteiger partial charge in [0.1, 0.15) is 6.04 Å². The molecule has 6 heteroatoms. The zero-order valence-electron chi connectivity index (χ0n) is 8.37. The van der Waals surface area contributed by atoms with Crippen LogP contribution in [0.25, 0.3) is 0 Å². The van der Waals surface area contributed by atoms with Crippen LogP contribution in [0.15, 0.2) is 0 Å². The molecule has 0 bridgehead atoms. The maximum absolute atomic E-state index is 11.1. The van der Waals surface area contributed by atoms with Crippen molar-refractivity contribution in [1.82, 2.24) is 10.6 Å². The Morgan fingerprint density at radius 1 is 1.50 bits per heavy atom. The van der Waals surface area contributed by atoms with Crippen molar-refractivity contribution in [2.45, 2.75) is 19.4 Å². The van der Waals surface area contributed by atoms with E-state index in [2.05, 4.69) is 10.6 Å². The Balaban J connectivity index is 3.74. The van der Waals surface area contributed by atoms with E-state index in [9.17, 15) is 9.59 Å². The van der Waals surface area contributed by atoms with E-state index in [4.69, 9.17) is 5.11 Å². The molecule has 1 unspecified atom stereocenters. The molecule has 82 valence electrons. The van der Waals surface area contributed by atoms with Crippen LogP contribution in [0.3, 0.4) is 0 Å². The van der Waals surface area contributed by atoms with Crippen molar-refractivity contribution in [3.8, 4) is 0 Å². The van der Waals surface area contributed by atoms with Crippen molar-refractivity contribution >= 4 is 23.8 Å². The van der Waals surface area contributed by atoms with Crippen LogP contribution in [-0.2, 0) is 4.79 Å². The predicted molar refractivity (Wildman–Crippen MR) is 56.6 cm³/mol. The van der Waals surface area contributed by atoms with E-state index in [1.54, 1.807) is 18.7 Å². The lowest BCUT2D eigenvalue weighted by Crippen LogP contribution is -2.46. The van der Waals surface area contributed by atoms with Gasteiger partial charge >= 0.3 is 12.0 Å². The third kappa shape index (κ3) is 5.69. The lowest BCUT2D eigenvalue weighted by Gasteiger charge is -2.12. The monoisotopic (exact) mass is 220 g/mol. The normalized spacial score (nSPS) is 11.9. The first-order chi connectivity index (χ1) is 6.61. The van der Waals surface area contributed by atoms with Gasteiger partial charge in [0.05, 0.1) is 0 Å². The van der Waals surface area contributed by atoms with Crippen molar-refractivity contribution < 1.29 is 14.7 Å². The molecule has 0 saturated carbocycles. The molecule has 0 fully saturated rings. The molecule has 14 heavy (non-hydrogen) atoms. The fourth-order valence-corrected chi connectivity index (χ4v) is 1.12. The number of rotatable bonds is 6. The molecule has 0 radical (unpaired) electrons. The Morgan fingerprint density at radius 3 is 2.57 bits per heavy atom. The maximum atomic E-state index is 11.1. The summed E-state index contributed by atoms with van der Waals surface area (Å²) in [6.45, 7) is 2.25. The minimum absolute atomic E-state index is 0.380. The van der Waals surface area contributed by atoms with Gasteiger partial charge in [-0.1, -0.05) is 6.92 Å². The Morgan fingerprint density at radius 2 is 2.14 bits per heavy atom. The first-order valence-electron chi connectivity index (χ1n) is 4.38. The zero-order chi connectivity index (χ0) is 11.0. The minimum atomic E-state index is -1.01. The summed E-state index contributed by atoms with van der Waals surface area (Å²) in [5.74, 6) is -0.190. The second-order valence-corrected chi connectivity index (χ2v) is 3.68. The SMILES string of the molecule is CCC(NC(=O)NCCSC)C(=O)O. The van der Waals surface area contributed by atoms with E-state index < -0.39 is 18.0 Å². The molecule has 5 nitrogen and oxygen atoms in total. The van der Waals surface area contributed by atoms with Gasteiger partial charge in [0.2, 0.25) is 0 Å². The third-order valence-corrected chi connectivity index (χ3v) is 2.22. The molecule has 0 aliphatic rings. The van der Waals surface area contributed by atoms with E-state index in [0.29, 0.717) is 13.0 Å². The lowest BCUT2D eigenvalue weighted by molar-refractivity contribution is -0.139. The number of carbonyl (C=O) groups is 2. The predicted octanol–water partition coefficient (Wildman–Crippen LogP) is 0.512. The Labute approximate surface area is 87.6 Å². The zero-order valence-corrected chi connectivity index (χ0v) is 9.19. The van der Waals surface area contributed by atoms with E-state index in [0.717, 1.165) is 5.75 Å². The van der Waals surface area contributed by atoms with Crippen molar-refractivity contribution in [3.05, 3.63) is 0 Å². The number of nitrogens with one attached hydrogen (secondary N) is 2. The van der Waals surface area contributed by atoms with E-state index in [-0.39, 0.29) is 0 Å². The number of hydrogen-bond acceptors (Lipinski definition) is 3. The summed E-state index contributed by atoms with van der Waals surface area (Å²) in [5, 5.41) is 13.6. The van der Waals surface area contributed by atoms with Crippen molar-refractivity contribution in [2.24, 2.45) is 0 Å². The summed E-state index contributed by atoms with van der Waals surface area (Å²) >= 11 is 1.62. The van der Waals surface area contributed by atoms with Gasteiger partial charge in [0, 0.05) is 12.3 Å². The first kappa shape index (κ1) is 13.1. The van der Waals surface area contributed by atoms with Crippen LogP contribution >= 0.6 is 11.8 Å². The summed E-state index contributed by atoms with van der Waals surface area (Å²) in [5.41, 5.74) is 0. The van der Waals surface area contributed by atoms with Crippen LogP contribution in [0, 0.1) is 0 Å². The van der Waals surface area contributed by atoms with E-state index >= 15 is 0 Å². The first-order valence-corrected chi connectivity index (χ1v) is 5.77. The molecule has 0 heterocycles. The molecule has 0 rings (SSSR count). The molecular weight excluding hydrogens is 204 g/mol. The van der Waals surface area contributed by atoms with E-state index in [1.807, 2.05) is 6.26 Å². The average molecular weight is 220 g/mol. The van der Waals surface area contributed by atoms with Gasteiger partial charge in [0.25, 0.3) is 0 Å². The molecule has 0 aromatic carbocycles. The van der Waals surface area contributed by atoms with Crippen molar-refractivity contribution in [2.75, 3.05) is 18.6 Å². The number of hydrogen-bond donors (Lipinski definition) is 3. The Bertz CT molecular complexity index is 199. The van der Waals surface area contributed by atoms with Gasteiger partial charge in [-0.15, -0.1) is 0 Å². The number of carboxylic acids is 1. The van der Waals surface area contributed by atoms with E-state index in [1.165, 1.54) is 0 Å². The number of aliphatic carboxylic acids is 1. The second kappa shape index (κ2) is 7.49. The quantitative estimate of drug-likeness (QED) is 0.570. The molecule has 0 aliphatic carbocycles.